The van der Waals surface area contributed by atoms with Crippen LogP contribution in [0.15, 0.2) is 0 Å². The van der Waals surface area contributed by atoms with Gasteiger partial charge < -0.3 is 14.6 Å². The molecule has 18 heavy (non-hydrogen) atoms. The minimum atomic E-state index is -1.07. The molecule has 0 spiro atoms. The van der Waals surface area contributed by atoms with Crippen LogP contribution >= 0.6 is 0 Å². The van der Waals surface area contributed by atoms with Gasteiger partial charge in [-0.15, -0.1) is 0 Å². The molecule has 8 nitrogen and oxygen atoms in total. The molecule has 0 aromatic carbocycles. The molecule has 1 heterocycles. The molecule has 1 aliphatic heterocycles. The average molecular weight is 259 g/mol. The second kappa shape index (κ2) is 6.70. The Kier molecular flexibility index (Phi) is 5.25. The zero-order valence-corrected chi connectivity index (χ0v) is 9.51. The highest BCUT2D eigenvalue weighted by molar-refractivity contribution is 6.05. The number of carboxylic acids is 1. The summed E-state index contributed by atoms with van der Waals surface area (Å²) < 4.78 is 9.63. The summed E-state index contributed by atoms with van der Waals surface area (Å²) in [6.07, 6.45) is -1.47. The molecule has 0 radical (unpaired) electrons. The SMILES string of the molecule is O=C(O)CCOCCC(=O)OC1CC(=O)NC1=O. The fourth-order valence-electron chi connectivity index (χ4n) is 1.26. The second-order valence-electron chi connectivity index (χ2n) is 3.60. The summed E-state index contributed by atoms with van der Waals surface area (Å²) in [5.41, 5.74) is 0. The van der Waals surface area contributed by atoms with E-state index in [4.69, 9.17) is 14.6 Å². The molecule has 8 heteroatoms. The summed E-state index contributed by atoms with van der Waals surface area (Å²) in [6, 6.07) is 0. The lowest BCUT2D eigenvalue weighted by Crippen LogP contribution is -2.28. The van der Waals surface area contributed by atoms with Crippen molar-refractivity contribution in [3.63, 3.8) is 0 Å². The Bertz CT molecular complexity index is 365. The molecule has 1 unspecified atom stereocenters. The Morgan fingerprint density at radius 3 is 2.50 bits per heavy atom. The van der Waals surface area contributed by atoms with E-state index in [0.717, 1.165) is 0 Å². The van der Waals surface area contributed by atoms with Gasteiger partial charge in [0.2, 0.25) is 5.91 Å². The first-order valence-corrected chi connectivity index (χ1v) is 5.31. The largest absolute Gasteiger partial charge is 0.481 e. The molecular formula is C10H13NO7. The topological polar surface area (TPSA) is 119 Å². The summed E-state index contributed by atoms with van der Waals surface area (Å²) in [6.45, 7) is 0.0133. The van der Waals surface area contributed by atoms with Crippen LogP contribution in [0.4, 0.5) is 0 Å². The molecule has 1 saturated heterocycles. The van der Waals surface area contributed by atoms with Gasteiger partial charge in [0.05, 0.1) is 32.5 Å². The van der Waals surface area contributed by atoms with Crippen LogP contribution in [0, 0.1) is 0 Å². The molecule has 0 saturated carbocycles. The summed E-state index contributed by atoms with van der Waals surface area (Å²) in [5, 5.41) is 10.3. The Labute approximate surface area is 102 Å². The highest BCUT2D eigenvalue weighted by Gasteiger charge is 2.33. The molecule has 0 bridgehead atoms. The van der Waals surface area contributed by atoms with Gasteiger partial charge in [0, 0.05) is 0 Å². The third-order valence-corrected chi connectivity index (χ3v) is 2.11. The van der Waals surface area contributed by atoms with E-state index in [1.165, 1.54) is 0 Å². The van der Waals surface area contributed by atoms with Crippen molar-refractivity contribution < 1.29 is 33.8 Å². The minimum absolute atomic E-state index is 0.00497. The lowest BCUT2D eigenvalue weighted by Gasteiger charge is -2.08. The zero-order chi connectivity index (χ0) is 13.5. The molecule has 1 atom stereocenters. The number of ether oxygens (including phenoxy) is 2. The molecule has 1 fully saturated rings. The number of amides is 2. The van der Waals surface area contributed by atoms with Crippen molar-refractivity contribution in [3.8, 4) is 0 Å². The van der Waals surface area contributed by atoms with Crippen LogP contribution in [-0.4, -0.2) is 48.2 Å². The predicted molar refractivity (Wildman–Crippen MR) is 55.3 cm³/mol. The van der Waals surface area contributed by atoms with Crippen LogP contribution in [0.3, 0.4) is 0 Å². The predicted octanol–water partition coefficient (Wildman–Crippen LogP) is -1.17. The monoisotopic (exact) mass is 259 g/mol. The fourth-order valence-corrected chi connectivity index (χ4v) is 1.26. The molecule has 1 aliphatic rings. The van der Waals surface area contributed by atoms with Crippen LogP contribution in [0.2, 0.25) is 0 Å². The Morgan fingerprint density at radius 1 is 1.28 bits per heavy atom. The zero-order valence-electron chi connectivity index (χ0n) is 9.51. The third-order valence-electron chi connectivity index (χ3n) is 2.11. The number of esters is 1. The number of rotatable bonds is 7. The first-order chi connectivity index (χ1) is 8.49. The van der Waals surface area contributed by atoms with Gasteiger partial charge in [-0.25, -0.2) is 0 Å². The third kappa shape index (κ3) is 4.91. The Morgan fingerprint density at radius 2 is 1.94 bits per heavy atom. The van der Waals surface area contributed by atoms with Crippen molar-refractivity contribution in [2.45, 2.75) is 25.4 Å². The quantitative estimate of drug-likeness (QED) is 0.335. The number of carbonyl (C=O) groups is 4. The number of imide groups is 1. The van der Waals surface area contributed by atoms with E-state index in [1.54, 1.807) is 0 Å². The van der Waals surface area contributed by atoms with Crippen molar-refractivity contribution >= 4 is 23.8 Å². The van der Waals surface area contributed by atoms with Gasteiger partial charge in [-0.2, -0.15) is 0 Å². The molecule has 100 valence electrons. The lowest BCUT2D eigenvalue weighted by molar-refractivity contribution is -0.155. The van der Waals surface area contributed by atoms with Gasteiger partial charge in [0.15, 0.2) is 6.10 Å². The van der Waals surface area contributed by atoms with Gasteiger partial charge in [-0.1, -0.05) is 0 Å². The van der Waals surface area contributed by atoms with E-state index < -0.39 is 29.9 Å². The Hall–Kier alpha value is -1.96. The van der Waals surface area contributed by atoms with Crippen LogP contribution < -0.4 is 5.32 Å². The standard InChI is InChI=1S/C10H13NO7/c12-7-5-6(10(16)11-7)18-9(15)2-4-17-3-1-8(13)14/h6H,1-5H2,(H,13,14)(H,11,12,16). The number of carbonyl (C=O) groups excluding carboxylic acids is 3. The van der Waals surface area contributed by atoms with Crippen LogP contribution in [0.5, 0.6) is 0 Å². The van der Waals surface area contributed by atoms with Gasteiger partial charge in [-0.3, -0.25) is 24.5 Å². The average Bonchev–Trinajstić information content (AvgIpc) is 2.56. The van der Waals surface area contributed by atoms with E-state index >= 15 is 0 Å². The molecule has 0 aromatic rings. The summed E-state index contributed by atoms with van der Waals surface area (Å²) >= 11 is 0. The molecule has 1 rings (SSSR count). The fraction of sp³-hybridized carbons (Fsp3) is 0.600. The van der Waals surface area contributed by atoms with Crippen molar-refractivity contribution in [2.24, 2.45) is 0 Å². The molecule has 0 aliphatic carbocycles. The van der Waals surface area contributed by atoms with Crippen LogP contribution in [0.1, 0.15) is 19.3 Å². The highest BCUT2D eigenvalue weighted by Crippen LogP contribution is 2.07. The van der Waals surface area contributed by atoms with Gasteiger partial charge in [-0.05, 0) is 0 Å². The van der Waals surface area contributed by atoms with E-state index in [2.05, 4.69) is 0 Å². The first kappa shape index (κ1) is 14.1. The van der Waals surface area contributed by atoms with E-state index in [1.807, 2.05) is 5.32 Å². The molecule has 0 aromatic heterocycles. The van der Waals surface area contributed by atoms with Crippen molar-refractivity contribution in [3.05, 3.63) is 0 Å². The maximum atomic E-state index is 11.2. The molecular weight excluding hydrogens is 246 g/mol. The maximum absolute atomic E-state index is 11.2. The van der Waals surface area contributed by atoms with Gasteiger partial charge in [0.25, 0.3) is 5.91 Å². The summed E-state index contributed by atoms with van der Waals surface area (Å²) in [5.74, 6) is -2.76. The first-order valence-electron chi connectivity index (χ1n) is 5.31. The van der Waals surface area contributed by atoms with Gasteiger partial charge in [0.1, 0.15) is 0 Å². The normalized spacial score (nSPS) is 18.6. The van der Waals surface area contributed by atoms with Crippen molar-refractivity contribution in [2.75, 3.05) is 13.2 Å². The maximum Gasteiger partial charge on any atom is 0.308 e. The Balaban J connectivity index is 2.12. The lowest BCUT2D eigenvalue weighted by atomic mass is 10.3. The summed E-state index contributed by atoms with van der Waals surface area (Å²) in [4.78, 5) is 43.3. The van der Waals surface area contributed by atoms with E-state index in [0.29, 0.717) is 0 Å². The van der Waals surface area contributed by atoms with E-state index in [-0.39, 0.29) is 32.5 Å². The number of hydrogen-bond donors (Lipinski definition) is 2. The minimum Gasteiger partial charge on any atom is -0.481 e. The second-order valence-corrected chi connectivity index (χ2v) is 3.60. The van der Waals surface area contributed by atoms with Crippen LogP contribution in [-0.2, 0) is 28.7 Å². The number of aliphatic carboxylic acids is 1. The number of carboxylic acid groups (broad SMARTS) is 1. The van der Waals surface area contributed by atoms with Crippen molar-refractivity contribution in [1.29, 1.82) is 0 Å². The number of nitrogens with one attached hydrogen (secondary N) is 1. The molecule has 2 N–H and O–H groups in total. The highest BCUT2D eigenvalue weighted by atomic mass is 16.6. The van der Waals surface area contributed by atoms with Crippen molar-refractivity contribution in [1.82, 2.24) is 5.32 Å². The van der Waals surface area contributed by atoms with E-state index in [9.17, 15) is 19.2 Å². The smallest absolute Gasteiger partial charge is 0.308 e. The van der Waals surface area contributed by atoms with Crippen LogP contribution in [0.25, 0.3) is 0 Å². The van der Waals surface area contributed by atoms with Gasteiger partial charge >= 0.3 is 11.9 Å². The summed E-state index contributed by atoms with van der Waals surface area (Å²) in [7, 11) is 0. The molecule has 2 amide bonds. The number of hydrogen-bond acceptors (Lipinski definition) is 6.